The van der Waals surface area contributed by atoms with Gasteiger partial charge in [0.25, 0.3) is 0 Å². The normalized spacial score (nSPS) is 12.2. The molecule has 2 nitrogen and oxygen atoms in total. The van der Waals surface area contributed by atoms with Crippen LogP contribution >= 0.6 is 27.7 Å². The number of aliphatic hydroxyl groups excluding tert-OH is 1. The molecule has 2 aromatic carbocycles. The van der Waals surface area contributed by atoms with E-state index in [4.69, 9.17) is 4.74 Å². The quantitative estimate of drug-likeness (QED) is 0.804. The summed E-state index contributed by atoms with van der Waals surface area (Å²) in [7, 11) is 1.50. The minimum Gasteiger partial charge on any atom is -0.496 e. The summed E-state index contributed by atoms with van der Waals surface area (Å²) >= 11 is 4.91. The molecule has 0 spiro atoms. The minimum absolute atomic E-state index is 0.382. The van der Waals surface area contributed by atoms with Gasteiger partial charge in [-0.15, -0.1) is 11.8 Å². The van der Waals surface area contributed by atoms with E-state index in [9.17, 15) is 9.50 Å². The Labute approximate surface area is 130 Å². The molecule has 20 heavy (non-hydrogen) atoms. The summed E-state index contributed by atoms with van der Waals surface area (Å²) in [6.07, 6.45) is -0.787. The molecule has 0 aliphatic carbocycles. The van der Waals surface area contributed by atoms with E-state index in [0.717, 1.165) is 9.37 Å². The Bertz CT molecular complexity index is 592. The fraction of sp³-hybridized carbons (Fsp3) is 0.200. The third-order valence-corrected chi connectivity index (χ3v) is 4.32. The summed E-state index contributed by atoms with van der Waals surface area (Å²) in [6, 6.07) is 12.0. The van der Waals surface area contributed by atoms with Gasteiger partial charge in [-0.25, -0.2) is 4.39 Å². The number of aliphatic hydroxyl groups is 1. The molecule has 0 heterocycles. The predicted octanol–water partition coefficient (Wildman–Crippen LogP) is 4.42. The van der Waals surface area contributed by atoms with Crippen LogP contribution in [-0.4, -0.2) is 18.0 Å². The number of halogens is 2. The first-order chi connectivity index (χ1) is 9.60. The SMILES string of the molecule is COc1ccc(F)cc1C(O)CSc1cccc(Br)c1. The Kier molecular flexibility index (Phi) is 5.46. The zero-order valence-electron chi connectivity index (χ0n) is 10.8. The molecular weight excluding hydrogens is 343 g/mol. The second-order valence-corrected chi connectivity index (χ2v) is 6.18. The van der Waals surface area contributed by atoms with Crippen molar-refractivity contribution in [1.82, 2.24) is 0 Å². The Morgan fingerprint density at radius 1 is 1.30 bits per heavy atom. The van der Waals surface area contributed by atoms with Crippen LogP contribution in [0.2, 0.25) is 0 Å². The zero-order chi connectivity index (χ0) is 14.5. The summed E-state index contributed by atoms with van der Waals surface area (Å²) in [5.41, 5.74) is 0.468. The van der Waals surface area contributed by atoms with Gasteiger partial charge in [-0.1, -0.05) is 22.0 Å². The Hall–Kier alpha value is -1.04. The molecule has 0 amide bonds. The van der Waals surface area contributed by atoms with E-state index in [2.05, 4.69) is 15.9 Å². The molecule has 1 unspecified atom stereocenters. The highest BCUT2D eigenvalue weighted by molar-refractivity contribution is 9.10. The number of ether oxygens (including phenoxy) is 1. The standard InChI is InChI=1S/C15H14BrFO2S/c1-19-15-6-5-11(17)8-13(15)14(18)9-20-12-4-2-3-10(16)7-12/h2-8,14,18H,9H2,1H3. The van der Waals surface area contributed by atoms with Gasteiger partial charge in [0.2, 0.25) is 0 Å². The smallest absolute Gasteiger partial charge is 0.124 e. The second-order valence-electron chi connectivity index (χ2n) is 4.17. The van der Waals surface area contributed by atoms with Gasteiger partial charge < -0.3 is 9.84 Å². The van der Waals surface area contributed by atoms with Crippen LogP contribution in [0.4, 0.5) is 4.39 Å². The number of methoxy groups -OCH3 is 1. The molecule has 0 aliphatic heterocycles. The van der Waals surface area contributed by atoms with Crippen molar-refractivity contribution in [2.24, 2.45) is 0 Å². The lowest BCUT2D eigenvalue weighted by atomic mass is 10.1. The molecule has 0 aliphatic rings. The topological polar surface area (TPSA) is 29.5 Å². The fourth-order valence-electron chi connectivity index (χ4n) is 1.79. The lowest BCUT2D eigenvalue weighted by Gasteiger charge is -2.14. The molecule has 0 saturated carbocycles. The van der Waals surface area contributed by atoms with Crippen LogP contribution in [0, 0.1) is 5.82 Å². The van der Waals surface area contributed by atoms with Gasteiger partial charge >= 0.3 is 0 Å². The highest BCUT2D eigenvalue weighted by Gasteiger charge is 2.14. The van der Waals surface area contributed by atoms with E-state index in [1.165, 1.54) is 37.1 Å². The minimum atomic E-state index is -0.787. The van der Waals surface area contributed by atoms with Crippen LogP contribution < -0.4 is 4.74 Å². The van der Waals surface area contributed by atoms with Crippen LogP contribution in [0.3, 0.4) is 0 Å². The van der Waals surface area contributed by atoms with Crippen LogP contribution in [0.5, 0.6) is 5.75 Å². The molecule has 2 rings (SSSR count). The van der Waals surface area contributed by atoms with Crippen LogP contribution in [0.15, 0.2) is 51.8 Å². The van der Waals surface area contributed by atoms with E-state index >= 15 is 0 Å². The molecule has 0 aromatic heterocycles. The fourth-order valence-corrected chi connectivity index (χ4v) is 3.25. The van der Waals surface area contributed by atoms with Crippen molar-refractivity contribution in [2.75, 3.05) is 12.9 Å². The number of hydrogen-bond acceptors (Lipinski definition) is 3. The largest absolute Gasteiger partial charge is 0.496 e. The number of thioether (sulfide) groups is 1. The Balaban J connectivity index is 2.08. The summed E-state index contributed by atoms with van der Waals surface area (Å²) < 4.78 is 19.4. The van der Waals surface area contributed by atoms with Gasteiger partial charge in [0.05, 0.1) is 13.2 Å². The highest BCUT2D eigenvalue weighted by atomic mass is 79.9. The van der Waals surface area contributed by atoms with Gasteiger partial charge in [-0.3, -0.25) is 0 Å². The average molecular weight is 357 g/mol. The molecule has 1 atom stereocenters. The lowest BCUT2D eigenvalue weighted by molar-refractivity contribution is 0.198. The van der Waals surface area contributed by atoms with Gasteiger partial charge in [-0.2, -0.15) is 0 Å². The van der Waals surface area contributed by atoms with Gasteiger partial charge in [0.15, 0.2) is 0 Å². The van der Waals surface area contributed by atoms with Crippen LogP contribution in [0.1, 0.15) is 11.7 Å². The van der Waals surface area contributed by atoms with Crippen molar-refractivity contribution in [3.05, 3.63) is 58.3 Å². The third kappa shape index (κ3) is 3.98. The van der Waals surface area contributed by atoms with E-state index in [1.807, 2.05) is 24.3 Å². The second kappa shape index (κ2) is 7.11. The van der Waals surface area contributed by atoms with Crippen LogP contribution in [0.25, 0.3) is 0 Å². The Morgan fingerprint density at radius 2 is 2.10 bits per heavy atom. The molecule has 5 heteroatoms. The first kappa shape index (κ1) is 15.4. The molecule has 0 radical (unpaired) electrons. The molecular formula is C15H14BrFO2S. The zero-order valence-corrected chi connectivity index (χ0v) is 13.2. The summed E-state index contributed by atoms with van der Waals surface area (Å²) in [6.45, 7) is 0. The molecule has 106 valence electrons. The maximum atomic E-state index is 13.3. The number of benzene rings is 2. The molecule has 2 aromatic rings. The van der Waals surface area contributed by atoms with E-state index in [1.54, 1.807) is 0 Å². The molecule has 1 N–H and O–H groups in total. The third-order valence-electron chi connectivity index (χ3n) is 2.75. The van der Waals surface area contributed by atoms with Crippen molar-refractivity contribution in [1.29, 1.82) is 0 Å². The number of rotatable bonds is 5. The summed E-state index contributed by atoms with van der Waals surface area (Å²) in [5.74, 6) is 0.539. The van der Waals surface area contributed by atoms with Crippen molar-refractivity contribution in [3.63, 3.8) is 0 Å². The molecule has 0 saturated heterocycles. The van der Waals surface area contributed by atoms with E-state index < -0.39 is 6.10 Å². The first-order valence-corrected chi connectivity index (χ1v) is 7.78. The average Bonchev–Trinajstić information content (AvgIpc) is 2.45. The summed E-state index contributed by atoms with van der Waals surface area (Å²) in [4.78, 5) is 1.04. The maximum Gasteiger partial charge on any atom is 0.124 e. The Morgan fingerprint density at radius 3 is 2.80 bits per heavy atom. The van der Waals surface area contributed by atoms with Crippen molar-refractivity contribution < 1.29 is 14.2 Å². The lowest BCUT2D eigenvalue weighted by Crippen LogP contribution is -2.04. The van der Waals surface area contributed by atoms with Gasteiger partial charge in [0, 0.05) is 20.7 Å². The van der Waals surface area contributed by atoms with Gasteiger partial charge in [0.1, 0.15) is 11.6 Å². The first-order valence-electron chi connectivity index (χ1n) is 6.00. The van der Waals surface area contributed by atoms with Crippen LogP contribution in [-0.2, 0) is 0 Å². The van der Waals surface area contributed by atoms with Crippen molar-refractivity contribution in [2.45, 2.75) is 11.0 Å². The van der Waals surface area contributed by atoms with Crippen molar-refractivity contribution in [3.8, 4) is 5.75 Å². The van der Waals surface area contributed by atoms with Crippen molar-refractivity contribution >= 4 is 27.7 Å². The summed E-state index contributed by atoms with van der Waals surface area (Å²) in [5, 5.41) is 10.2. The van der Waals surface area contributed by atoms with E-state index in [0.29, 0.717) is 17.1 Å². The maximum absolute atomic E-state index is 13.3. The predicted molar refractivity (Wildman–Crippen MR) is 82.8 cm³/mol. The molecule has 0 bridgehead atoms. The highest BCUT2D eigenvalue weighted by Crippen LogP contribution is 2.31. The molecule has 0 fully saturated rings. The van der Waals surface area contributed by atoms with E-state index in [-0.39, 0.29) is 5.82 Å². The monoisotopic (exact) mass is 356 g/mol. The van der Waals surface area contributed by atoms with Gasteiger partial charge in [-0.05, 0) is 36.4 Å². The number of hydrogen-bond donors (Lipinski definition) is 1.